The zero-order valence-corrected chi connectivity index (χ0v) is 9.98. The Morgan fingerprint density at radius 2 is 1.71 bits per heavy atom. The van der Waals surface area contributed by atoms with Gasteiger partial charge in [-0.3, -0.25) is 0 Å². The maximum atomic E-state index is 3.69. The number of hydrogen-bond acceptors (Lipinski definition) is 0. The van der Waals surface area contributed by atoms with Crippen LogP contribution in [0.4, 0.5) is 0 Å². The van der Waals surface area contributed by atoms with E-state index >= 15 is 0 Å². The molecular formula is C17H22. The van der Waals surface area contributed by atoms with Crippen molar-refractivity contribution in [3.8, 4) is 0 Å². The highest BCUT2D eigenvalue weighted by Gasteiger charge is 1.94. The van der Waals surface area contributed by atoms with Crippen LogP contribution in [-0.2, 0) is 0 Å². The lowest BCUT2D eigenvalue weighted by Gasteiger charge is -2.01. The minimum Gasteiger partial charge on any atom is -0.0991 e. The van der Waals surface area contributed by atoms with E-state index in [4.69, 9.17) is 0 Å². The Kier molecular flexibility index (Phi) is 7.45. The molecular weight excluding hydrogens is 204 g/mol. The van der Waals surface area contributed by atoms with Crippen molar-refractivity contribution in [2.45, 2.75) is 21.3 Å². The van der Waals surface area contributed by atoms with Gasteiger partial charge in [0.05, 0.1) is 0 Å². The minimum atomic E-state index is 0. The average Bonchev–Trinajstić information content (AvgIpc) is 2.30. The van der Waals surface area contributed by atoms with Gasteiger partial charge in [0.15, 0.2) is 0 Å². The van der Waals surface area contributed by atoms with Crippen molar-refractivity contribution in [2.75, 3.05) is 0 Å². The third kappa shape index (κ3) is 5.72. The third-order valence-corrected chi connectivity index (χ3v) is 2.12. The van der Waals surface area contributed by atoms with Gasteiger partial charge >= 0.3 is 0 Å². The molecule has 0 fully saturated rings. The summed E-state index contributed by atoms with van der Waals surface area (Å²) in [5.41, 5.74) is 3.71. The van der Waals surface area contributed by atoms with Gasteiger partial charge in [-0.25, -0.2) is 0 Å². The van der Waals surface area contributed by atoms with Crippen molar-refractivity contribution in [1.29, 1.82) is 0 Å². The molecule has 0 heteroatoms. The summed E-state index contributed by atoms with van der Waals surface area (Å²) in [5.74, 6) is 0. The van der Waals surface area contributed by atoms with Gasteiger partial charge < -0.3 is 0 Å². The number of allylic oxidation sites excluding steroid dienone is 7. The standard InChI is InChI=1S/C16H18.CH4/c1-4-5-9-16(13-12-14(2)3)15-10-7-6-8-11-15;/h4-13H,1H2,2-3H3;1H4/b9-5-,16-13+;. The van der Waals surface area contributed by atoms with Gasteiger partial charge in [-0.15, -0.1) is 0 Å². The van der Waals surface area contributed by atoms with Crippen LogP contribution in [0.1, 0.15) is 26.8 Å². The van der Waals surface area contributed by atoms with Crippen molar-refractivity contribution < 1.29 is 0 Å². The number of benzene rings is 1. The Hall–Kier alpha value is -1.82. The Labute approximate surface area is 106 Å². The summed E-state index contributed by atoms with van der Waals surface area (Å²) >= 11 is 0. The fourth-order valence-corrected chi connectivity index (χ4v) is 1.31. The smallest absolute Gasteiger partial charge is 0.0184 e. The molecule has 0 aromatic heterocycles. The lowest BCUT2D eigenvalue weighted by Crippen LogP contribution is -1.79. The van der Waals surface area contributed by atoms with Crippen molar-refractivity contribution in [1.82, 2.24) is 0 Å². The van der Waals surface area contributed by atoms with Gasteiger partial charge in [0.2, 0.25) is 0 Å². The summed E-state index contributed by atoms with van der Waals surface area (Å²) in [6, 6.07) is 10.3. The second-order valence-electron chi connectivity index (χ2n) is 3.83. The summed E-state index contributed by atoms with van der Waals surface area (Å²) in [6.07, 6.45) is 10.1. The van der Waals surface area contributed by atoms with Gasteiger partial charge in [0, 0.05) is 0 Å². The zero-order valence-electron chi connectivity index (χ0n) is 9.98. The summed E-state index contributed by atoms with van der Waals surface area (Å²) in [7, 11) is 0. The molecule has 90 valence electrons. The van der Waals surface area contributed by atoms with Crippen LogP contribution in [0, 0.1) is 0 Å². The van der Waals surface area contributed by atoms with Crippen LogP contribution in [0.15, 0.2) is 72.9 Å². The van der Waals surface area contributed by atoms with E-state index < -0.39 is 0 Å². The SMILES string of the molecule is C.C=C/C=C\C(=C/C=C(C)C)c1ccccc1. The molecule has 0 aliphatic heterocycles. The van der Waals surface area contributed by atoms with E-state index in [0.717, 1.165) is 0 Å². The predicted molar refractivity (Wildman–Crippen MR) is 79.9 cm³/mol. The molecule has 1 aromatic rings. The molecule has 0 nitrogen and oxygen atoms in total. The second kappa shape index (κ2) is 8.35. The molecule has 0 atom stereocenters. The van der Waals surface area contributed by atoms with Crippen LogP contribution in [0.5, 0.6) is 0 Å². The molecule has 0 spiro atoms. The first kappa shape index (κ1) is 15.2. The zero-order chi connectivity index (χ0) is 11.8. The molecule has 0 radical (unpaired) electrons. The van der Waals surface area contributed by atoms with Gasteiger partial charge in [-0.1, -0.05) is 80.3 Å². The van der Waals surface area contributed by atoms with Crippen molar-refractivity contribution >= 4 is 5.57 Å². The first-order valence-electron chi connectivity index (χ1n) is 5.43. The molecule has 0 saturated heterocycles. The monoisotopic (exact) mass is 226 g/mol. The van der Waals surface area contributed by atoms with Crippen LogP contribution in [0.2, 0.25) is 0 Å². The number of hydrogen-bond donors (Lipinski definition) is 0. The maximum Gasteiger partial charge on any atom is -0.0184 e. The highest BCUT2D eigenvalue weighted by atomic mass is 14.0. The van der Waals surface area contributed by atoms with Crippen molar-refractivity contribution in [3.05, 3.63) is 78.4 Å². The third-order valence-electron chi connectivity index (χ3n) is 2.12. The quantitative estimate of drug-likeness (QED) is 0.602. The van der Waals surface area contributed by atoms with Crippen molar-refractivity contribution in [2.24, 2.45) is 0 Å². The first-order chi connectivity index (χ1) is 7.74. The van der Waals surface area contributed by atoms with E-state index in [1.807, 2.05) is 24.3 Å². The molecule has 0 heterocycles. The van der Waals surface area contributed by atoms with Gasteiger partial charge in [0.25, 0.3) is 0 Å². The highest BCUT2D eigenvalue weighted by Crippen LogP contribution is 2.16. The largest absolute Gasteiger partial charge is 0.0991 e. The van der Waals surface area contributed by atoms with Crippen molar-refractivity contribution in [3.63, 3.8) is 0 Å². The van der Waals surface area contributed by atoms with E-state index in [1.54, 1.807) is 6.08 Å². The van der Waals surface area contributed by atoms with Gasteiger partial charge in [-0.2, -0.15) is 0 Å². The average molecular weight is 226 g/mol. The van der Waals surface area contributed by atoms with Crippen LogP contribution in [0.3, 0.4) is 0 Å². The predicted octanol–water partition coefficient (Wildman–Crippen LogP) is 5.41. The lowest BCUT2D eigenvalue weighted by atomic mass is 10.0. The highest BCUT2D eigenvalue weighted by molar-refractivity contribution is 5.75. The van der Waals surface area contributed by atoms with E-state index in [9.17, 15) is 0 Å². The molecule has 0 N–H and O–H groups in total. The van der Waals surface area contributed by atoms with Crippen LogP contribution in [-0.4, -0.2) is 0 Å². The van der Waals surface area contributed by atoms with Crippen LogP contribution >= 0.6 is 0 Å². The summed E-state index contributed by atoms with van der Waals surface area (Å²) in [5, 5.41) is 0. The molecule has 0 saturated carbocycles. The molecule has 0 bridgehead atoms. The maximum absolute atomic E-state index is 3.69. The fraction of sp³-hybridized carbons (Fsp3) is 0.176. The molecule has 0 aliphatic rings. The van der Waals surface area contributed by atoms with Crippen LogP contribution < -0.4 is 0 Å². The number of rotatable bonds is 4. The van der Waals surface area contributed by atoms with Gasteiger partial charge in [0.1, 0.15) is 0 Å². The fourth-order valence-electron chi connectivity index (χ4n) is 1.31. The summed E-state index contributed by atoms with van der Waals surface area (Å²) in [4.78, 5) is 0. The molecule has 1 rings (SSSR count). The van der Waals surface area contributed by atoms with E-state index in [1.165, 1.54) is 16.7 Å². The molecule has 1 aromatic carbocycles. The first-order valence-corrected chi connectivity index (χ1v) is 5.43. The Morgan fingerprint density at radius 1 is 1.06 bits per heavy atom. The Bertz CT molecular complexity index is 413. The molecule has 17 heavy (non-hydrogen) atoms. The van der Waals surface area contributed by atoms with E-state index in [-0.39, 0.29) is 7.43 Å². The topological polar surface area (TPSA) is 0 Å². The van der Waals surface area contributed by atoms with Crippen LogP contribution in [0.25, 0.3) is 5.57 Å². The Morgan fingerprint density at radius 3 is 2.24 bits per heavy atom. The summed E-state index contributed by atoms with van der Waals surface area (Å²) in [6.45, 7) is 7.88. The molecule has 0 amide bonds. The van der Waals surface area contributed by atoms with E-state index in [0.29, 0.717) is 0 Å². The Balaban J connectivity index is 0.00000256. The van der Waals surface area contributed by atoms with E-state index in [2.05, 4.69) is 50.8 Å². The summed E-state index contributed by atoms with van der Waals surface area (Å²) < 4.78 is 0. The lowest BCUT2D eigenvalue weighted by molar-refractivity contribution is 1.39. The van der Waals surface area contributed by atoms with Gasteiger partial charge in [-0.05, 0) is 25.0 Å². The molecule has 0 unspecified atom stereocenters. The normalized spacial score (nSPS) is 10.8. The molecule has 0 aliphatic carbocycles. The minimum absolute atomic E-state index is 0. The second-order valence-corrected chi connectivity index (χ2v) is 3.83.